The molecule has 0 aliphatic carbocycles. The van der Waals surface area contributed by atoms with E-state index < -0.39 is 23.0 Å². The Morgan fingerprint density at radius 1 is 1.32 bits per heavy atom. The van der Waals surface area contributed by atoms with Crippen molar-refractivity contribution < 1.29 is 19.4 Å². The topological polar surface area (TPSA) is 83.0 Å². The van der Waals surface area contributed by atoms with Crippen molar-refractivity contribution in [3.05, 3.63) is 41.7 Å². The maximum absolute atomic E-state index is 13.3. The molecule has 4 atom stereocenters. The summed E-state index contributed by atoms with van der Waals surface area (Å²) in [6.45, 7) is 3.36. The molecule has 3 saturated heterocycles. The maximum atomic E-state index is 13.3. The lowest BCUT2D eigenvalue weighted by Crippen LogP contribution is -2.51. The van der Waals surface area contributed by atoms with Crippen LogP contribution >= 0.6 is 0 Å². The summed E-state index contributed by atoms with van der Waals surface area (Å²) in [6, 6.07) is 3.80. The molecule has 0 unspecified atom stereocenters. The lowest BCUT2D eigenvalue weighted by Gasteiger charge is -2.39. The average molecular weight is 383 g/mol. The minimum atomic E-state index is -1.01. The molecule has 1 aromatic rings. The SMILES string of the molecule is Cc1ccc(C2(O)CCN(C(=O)[C@H]3[C@H]4C(=O)N(C)C[C@]45C=C[C@H]3O5)CC2)nc1. The largest absolute Gasteiger partial charge is 0.383 e. The second-order valence-electron chi connectivity index (χ2n) is 8.67. The molecule has 0 saturated carbocycles. The molecule has 2 bridgehead atoms. The Balaban J connectivity index is 1.32. The minimum Gasteiger partial charge on any atom is -0.383 e. The number of carbonyl (C=O) groups excluding carboxylic acids is 2. The van der Waals surface area contributed by atoms with Gasteiger partial charge in [0.25, 0.3) is 0 Å². The Hall–Kier alpha value is -2.25. The number of rotatable bonds is 2. The molecule has 148 valence electrons. The van der Waals surface area contributed by atoms with Gasteiger partial charge in [-0.3, -0.25) is 14.6 Å². The fourth-order valence-electron chi connectivity index (χ4n) is 5.28. The van der Waals surface area contributed by atoms with Gasteiger partial charge in [-0.05, 0) is 31.4 Å². The number of pyridine rings is 1. The zero-order valence-electron chi connectivity index (χ0n) is 16.2. The van der Waals surface area contributed by atoms with Gasteiger partial charge in [0.05, 0.1) is 30.2 Å². The molecular weight excluding hydrogens is 358 g/mol. The van der Waals surface area contributed by atoms with E-state index in [2.05, 4.69) is 4.98 Å². The van der Waals surface area contributed by atoms with Gasteiger partial charge in [-0.25, -0.2) is 0 Å². The van der Waals surface area contributed by atoms with Gasteiger partial charge in [0.15, 0.2) is 0 Å². The highest BCUT2D eigenvalue weighted by molar-refractivity contribution is 5.93. The van der Waals surface area contributed by atoms with E-state index in [0.29, 0.717) is 38.2 Å². The van der Waals surface area contributed by atoms with E-state index in [4.69, 9.17) is 4.74 Å². The van der Waals surface area contributed by atoms with Crippen molar-refractivity contribution in [3.63, 3.8) is 0 Å². The lowest BCUT2D eigenvalue weighted by molar-refractivity contribution is -0.146. The fourth-order valence-corrected chi connectivity index (χ4v) is 5.28. The number of likely N-dealkylation sites (tertiary alicyclic amines) is 2. The first-order valence-electron chi connectivity index (χ1n) is 9.89. The molecule has 7 nitrogen and oxygen atoms in total. The number of fused-ring (bicyclic) bond motifs is 1. The third kappa shape index (κ3) is 2.39. The first-order chi connectivity index (χ1) is 13.3. The van der Waals surface area contributed by atoms with Crippen LogP contribution in [0.3, 0.4) is 0 Å². The number of hydrogen-bond acceptors (Lipinski definition) is 5. The number of aryl methyl sites for hydroxylation is 1. The van der Waals surface area contributed by atoms with E-state index >= 15 is 0 Å². The van der Waals surface area contributed by atoms with Crippen molar-refractivity contribution >= 4 is 11.8 Å². The number of nitrogens with zero attached hydrogens (tertiary/aromatic N) is 3. The van der Waals surface area contributed by atoms with Crippen LogP contribution in [0.15, 0.2) is 30.5 Å². The van der Waals surface area contributed by atoms with Gasteiger partial charge < -0.3 is 19.6 Å². The minimum absolute atomic E-state index is 0.0115. The predicted octanol–water partition coefficient (Wildman–Crippen LogP) is 0.612. The van der Waals surface area contributed by atoms with Crippen LogP contribution in [0.2, 0.25) is 0 Å². The van der Waals surface area contributed by atoms with Crippen molar-refractivity contribution in [3.8, 4) is 0 Å². The van der Waals surface area contributed by atoms with Crippen molar-refractivity contribution in [1.82, 2.24) is 14.8 Å². The van der Waals surface area contributed by atoms with Crippen molar-refractivity contribution in [1.29, 1.82) is 0 Å². The Morgan fingerprint density at radius 3 is 2.75 bits per heavy atom. The third-order valence-electron chi connectivity index (χ3n) is 6.87. The van der Waals surface area contributed by atoms with Crippen LogP contribution in [0.5, 0.6) is 0 Å². The summed E-state index contributed by atoms with van der Waals surface area (Å²) < 4.78 is 6.09. The molecule has 28 heavy (non-hydrogen) atoms. The summed E-state index contributed by atoms with van der Waals surface area (Å²) in [5.74, 6) is -0.947. The predicted molar refractivity (Wildman–Crippen MR) is 100 cm³/mol. The third-order valence-corrected chi connectivity index (χ3v) is 6.87. The molecule has 5 heterocycles. The maximum Gasteiger partial charge on any atom is 0.229 e. The van der Waals surface area contributed by atoms with Crippen LogP contribution in [0.1, 0.15) is 24.1 Å². The zero-order valence-corrected chi connectivity index (χ0v) is 16.2. The number of carbonyl (C=O) groups is 2. The summed E-state index contributed by atoms with van der Waals surface area (Å²) >= 11 is 0. The summed E-state index contributed by atoms with van der Waals surface area (Å²) in [5.41, 5.74) is 0.0478. The number of likely N-dealkylation sites (N-methyl/N-ethyl adjacent to an activating group) is 1. The first kappa shape index (κ1) is 17.8. The first-order valence-corrected chi connectivity index (χ1v) is 9.89. The van der Waals surface area contributed by atoms with Crippen LogP contribution < -0.4 is 0 Å². The van der Waals surface area contributed by atoms with E-state index in [-0.39, 0.29) is 17.9 Å². The quantitative estimate of drug-likeness (QED) is 0.757. The Kier molecular flexibility index (Phi) is 3.74. The van der Waals surface area contributed by atoms with Gasteiger partial charge >= 0.3 is 0 Å². The zero-order chi connectivity index (χ0) is 19.7. The Morgan fingerprint density at radius 2 is 2.07 bits per heavy atom. The summed E-state index contributed by atoms with van der Waals surface area (Å²) in [4.78, 5) is 33.8. The van der Waals surface area contributed by atoms with E-state index in [0.717, 1.165) is 5.56 Å². The molecule has 3 fully saturated rings. The van der Waals surface area contributed by atoms with Gasteiger partial charge in [-0.2, -0.15) is 0 Å². The van der Waals surface area contributed by atoms with Crippen LogP contribution in [0.25, 0.3) is 0 Å². The Labute approximate surface area is 164 Å². The summed E-state index contributed by atoms with van der Waals surface area (Å²) in [5, 5.41) is 11.0. The molecular formula is C21H25N3O4. The molecule has 2 amide bonds. The highest BCUT2D eigenvalue weighted by Gasteiger charge is 2.66. The van der Waals surface area contributed by atoms with Gasteiger partial charge in [0, 0.05) is 26.3 Å². The summed E-state index contributed by atoms with van der Waals surface area (Å²) in [7, 11) is 1.76. The standard InChI is InChI=1S/C21H25N3O4/c1-13-3-4-15(22-11-13)20(27)7-9-24(10-8-20)18(25)16-14-5-6-21(28-14)12-23(2)19(26)17(16)21/h3-6,11,14,16-17,27H,7-10,12H2,1-2H3/t14-,16-,17+,21-/m1/s1. The molecule has 4 aliphatic rings. The van der Waals surface area contributed by atoms with Crippen LogP contribution in [-0.2, 0) is 19.9 Å². The lowest BCUT2D eigenvalue weighted by atomic mass is 9.76. The van der Waals surface area contributed by atoms with Crippen LogP contribution in [0, 0.1) is 18.8 Å². The number of aliphatic hydroxyl groups is 1. The van der Waals surface area contributed by atoms with Gasteiger partial charge in [0.1, 0.15) is 11.2 Å². The Bertz CT molecular complexity index is 859. The molecule has 1 aromatic heterocycles. The van der Waals surface area contributed by atoms with Gasteiger partial charge in [-0.15, -0.1) is 0 Å². The summed E-state index contributed by atoms with van der Waals surface area (Å²) in [6.07, 6.45) is 6.20. The highest BCUT2D eigenvalue weighted by Crippen LogP contribution is 2.52. The number of amides is 2. The van der Waals surface area contributed by atoms with Gasteiger partial charge in [-0.1, -0.05) is 18.2 Å². The van der Waals surface area contributed by atoms with E-state index in [9.17, 15) is 14.7 Å². The molecule has 5 rings (SSSR count). The highest BCUT2D eigenvalue weighted by atomic mass is 16.5. The normalized spacial score (nSPS) is 35.5. The fraction of sp³-hybridized carbons (Fsp3) is 0.571. The van der Waals surface area contributed by atoms with E-state index in [1.807, 2.05) is 31.2 Å². The van der Waals surface area contributed by atoms with Gasteiger partial charge in [0.2, 0.25) is 11.8 Å². The second-order valence-corrected chi connectivity index (χ2v) is 8.67. The second kappa shape index (κ2) is 5.87. The number of hydrogen-bond donors (Lipinski definition) is 1. The van der Waals surface area contributed by atoms with Crippen LogP contribution in [0.4, 0.5) is 0 Å². The van der Waals surface area contributed by atoms with Crippen LogP contribution in [-0.4, -0.2) is 70.1 Å². The molecule has 1 spiro atoms. The monoisotopic (exact) mass is 383 g/mol. The number of ether oxygens (including phenoxy) is 1. The van der Waals surface area contributed by atoms with E-state index in [1.54, 1.807) is 23.0 Å². The van der Waals surface area contributed by atoms with Crippen molar-refractivity contribution in [2.45, 2.75) is 37.1 Å². The molecule has 7 heteroatoms. The molecule has 4 aliphatic heterocycles. The average Bonchev–Trinajstić information content (AvgIpc) is 3.30. The van der Waals surface area contributed by atoms with Crippen molar-refractivity contribution in [2.24, 2.45) is 11.8 Å². The molecule has 1 N–H and O–H groups in total. The number of piperidine rings is 1. The van der Waals surface area contributed by atoms with Crippen molar-refractivity contribution in [2.75, 3.05) is 26.7 Å². The van der Waals surface area contributed by atoms with E-state index in [1.165, 1.54) is 0 Å². The molecule has 0 aromatic carbocycles. The molecule has 0 radical (unpaired) electrons. The smallest absolute Gasteiger partial charge is 0.229 e. The number of aromatic nitrogens is 1.